The molecule has 1 atom stereocenters. The molecule has 3 heterocycles. The Morgan fingerprint density at radius 3 is 2.42 bits per heavy atom. The molecule has 7 heteroatoms. The van der Waals surface area contributed by atoms with Gasteiger partial charge in [-0.1, -0.05) is 19.0 Å². The predicted octanol–water partition coefficient (Wildman–Crippen LogP) is 1.49. The number of piperazine rings is 1. The topological polar surface area (TPSA) is 65.7 Å². The zero-order valence-corrected chi connectivity index (χ0v) is 15.1. The summed E-state index contributed by atoms with van der Waals surface area (Å²) in [6, 6.07) is 0.160. The van der Waals surface area contributed by atoms with Crippen LogP contribution in [0.3, 0.4) is 0 Å². The third-order valence-corrected chi connectivity index (χ3v) is 5.14. The minimum atomic E-state index is 0.160. The molecule has 1 aromatic heterocycles. The number of likely N-dealkylation sites (tertiary alicyclic amines) is 1. The van der Waals surface area contributed by atoms with Crippen LogP contribution in [-0.2, 0) is 4.79 Å². The summed E-state index contributed by atoms with van der Waals surface area (Å²) in [6.07, 6.45) is 1.75. The van der Waals surface area contributed by atoms with Crippen molar-refractivity contribution in [3.63, 3.8) is 0 Å². The average molecular weight is 335 g/mol. The van der Waals surface area contributed by atoms with Gasteiger partial charge in [-0.3, -0.25) is 14.6 Å². The lowest BCUT2D eigenvalue weighted by atomic mass is 10.2. The molecular weight excluding hydrogens is 306 g/mol. The molecule has 2 fully saturated rings. The van der Waals surface area contributed by atoms with Gasteiger partial charge in [0.2, 0.25) is 11.8 Å². The van der Waals surface area contributed by atoms with Crippen LogP contribution in [0.15, 0.2) is 4.52 Å². The van der Waals surface area contributed by atoms with Crippen molar-refractivity contribution in [2.24, 2.45) is 0 Å². The molecule has 0 unspecified atom stereocenters. The Morgan fingerprint density at radius 2 is 1.83 bits per heavy atom. The first kappa shape index (κ1) is 17.4. The Labute approximate surface area is 144 Å². The molecule has 1 aromatic rings. The van der Waals surface area contributed by atoms with E-state index in [0.29, 0.717) is 11.8 Å². The second-order valence-corrected chi connectivity index (χ2v) is 7.18. The molecule has 7 nitrogen and oxygen atoms in total. The summed E-state index contributed by atoms with van der Waals surface area (Å²) in [4.78, 5) is 23.0. The number of hydrogen-bond acceptors (Lipinski definition) is 6. The number of amides is 1. The molecule has 0 saturated carbocycles. The van der Waals surface area contributed by atoms with Crippen LogP contribution in [0.1, 0.15) is 57.3 Å². The second kappa shape index (κ2) is 7.61. The largest absolute Gasteiger partial charge is 0.341 e. The van der Waals surface area contributed by atoms with E-state index in [1.54, 1.807) is 0 Å². The lowest BCUT2D eigenvalue weighted by Crippen LogP contribution is -2.49. The van der Waals surface area contributed by atoms with Crippen molar-refractivity contribution in [1.29, 1.82) is 0 Å². The molecule has 2 aliphatic rings. The van der Waals surface area contributed by atoms with E-state index >= 15 is 0 Å². The third kappa shape index (κ3) is 3.95. The predicted molar refractivity (Wildman–Crippen MR) is 90.6 cm³/mol. The highest BCUT2D eigenvalue weighted by atomic mass is 16.5. The maximum Gasteiger partial charge on any atom is 0.243 e. The quantitative estimate of drug-likeness (QED) is 0.785. The monoisotopic (exact) mass is 335 g/mol. The minimum absolute atomic E-state index is 0.160. The van der Waals surface area contributed by atoms with E-state index in [-0.39, 0.29) is 6.04 Å². The normalized spacial score (nSPS) is 21.8. The van der Waals surface area contributed by atoms with Gasteiger partial charge in [0.15, 0.2) is 5.82 Å². The third-order valence-electron chi connectivity index (χ3n) is 5.14. The zero-order chi connectivity index (χ0) is 17.1. The van der Waals surface area contributed by atoms with Gasteiger partial charge >= 0.3 is 0 Å². The maximum atomic E-state index is 11.7. The summed E-state index contributed by atoms with van der Waals surface area (Å²) < 4.78 is 5.43. The van der Waals surface area contributed by atoms with Gasteiger partial charge < -0.3 is 9.42 Å². The first-order valence-electron chi connectivity index (χ1n) is 9.12. The molecule has 0 aromatic carbocycles. The van der Waals surface area contributed by atoms with E-state index in [2.05, 4.69) is 40.7 Å². The fourth-order valence-corrected chi connectivity index (χ4v) is 3.38. The van der Waals surface area contributed by atoms with Crippen LogP contribution in [0.4, 0.5) is 0 Å². The van der Waals surface area contributed by atoms with Crippen molar-refractivity contribution >= 4 is 5.91 Å². The molecule has 0 N–H and O–H groups in total. The van der Waals surface area contributed by atoms with Gasteiger partial charge in [-0.25, -0.2) is 0 Å². The van der Waals surface area contributed by atoms with Gasteiger partial charge in [0.05, 0.1) is 6.04 Å². The summed E-state index contributed by atoms with van der Waals surface area (Å²) in [5.74, 6) is 2.11. The SMILES string of the molecule is CC(C)c1noc([C@@H](C)N2CCN(CCN3CCCC3=O)CC2)n1. The fraction of sp³-hybridized carbons (Fsp3) is 0.824. The smallest absolute Gasteiger partial charge is 0.243 e. The van der Waals surface area contributed by atoms with Crippen molar-refractivity contribution in [2.75, 3.05) is 45.8 Å². The van der Waals surface area contributed by atoms with Gasteiger partial charge in [-0.2, -0.15) is 4.98 Å². The van der Waals surface area contributed by atoms with Gasteiger partial charge in [0, 0.05) is 58.2 Å². The standard InChI is InChI=1S/C17H29N5O2/c1-13(2)16-18-17(24-19-16)14(3)21-10-7-20(8-11-21)9-12-22-6-4-5-15(22)23/h13-14H,4-12H2,1-3H3/t14-/m1/s1. The van der Waals surface area contributed by atoms with Gasteiger partial charge in [0.25, 0.3) is 0 Å². The van der Waals surface area contributed by atoms with Crippen LogP contribution in [0.2, 0.25) is 0 Å². The molecule has 2 saturated heterocycles. The highest BCUT2D eigenvalue weighted by Gasteiger charge is 2.27. The molecule has 0 spiro atoms. The Bertz CT molecular complexity index is 551. The number of carbonyl (C=O) groups excluding carboxylic acids is 1. The highest BCUT2D eigenvalue weighted by molar-refractivity contribution is 5.78. The van der Waals surface area contributed by atoms with E-state index < -0.39 is 0 Å². The molecular formula is C17H29N5O2. The molecule has 1 amide bonds. The Hall–Kier alpha value is -1.47. The fourth-order valence-electron chi connectivity index (χ4n) is 3.38. The number of carbonyl (C=O) groups is 1. The molecule has 24 heavy (non-hydrogen) atoms. The first-order valence-corrected chi connectivity index (χ1v) is 9.12. The van der Waals surface area contributed by atoms with Crippen molar-refractivity contribution in [3.05, 3.63) is 11.7 Å². The van der Waals surface area contributed by atoms with Crippen LogP contribution in [-0.4, -0.2) is 76.6 Å². The molecule has 0 aliphatic carbocycles. The number of rotatable bonds is 6. The number of nitrogens with zero attached hydrogens (tertiary/aromatic N) is 5. The highest BCUT2D eigenvalue weighted by Crippen LogP contribution is 2.22. The Kier molecular flexibility index (Phi) is 5.50. The van der Waals surface area contributed by atoms with Crippen molar-refractivity contribution < 1.29 is 9.32 Å². The van der Waals surface area contributed by atoms with E-state index in [0.717, 1.165) is 70.4 Å². The van der Waals surface area contributed by atoms with Crippen LogP contribution < -0.4 is 0 Å². The molecule has 0 radical (unpaired) electrons. The van der Waals surface area contributed by atoms with Crippen LogP contribution in [0.25, 0.3) is 0 Å². The number of aromatic nitrogens is 2. The summed E-state index contributed by atoms with van der Waals surface area (Å²) in [5.41, 5.74) is 0. The second-order valence-electron chi connectivity index (χ2n) is 7.18. The minimum Gasteiger partial charge on any atom is -0.341 e. The maximum absolute atomic E-state index is 11.7. The summed E-state index contributed by atoms with van der Waals surface area (Å²) >= 11 is 0. The summed E-state index contributed by atoms with van der Waals surface area (Å²) in [5, 5.41) is 4.07. The van der Waals surface area contributed by atoms with E-state index in [4.69, 9.17) is 4.52 Å². The number of hydrogen-bond donors (Lipinski definition) is 0. The van der Waals surface area contributed by atoms with Crippen LogP contribution in [0, 0.1) is 0 Å². The molecule has 134 valence electrons. The lowest BCUT2D eigenvalue weighted by Gasteiger charge is -2.37. The average Bonchev–Trinajstić information content (AvgIpc) is 3.22. The van der Waals surface area contributed by atoms with E-state index in [1.807, 2.05) is 4.90 Å². The van der Waals surface area contributed by atoms with E-state index in [9.17, 15) is 4.79 Å². The van der Waals surface area contributed by atoms with E-state index in [1.165, 1.54) is 0 Å². The van der Waals surface area contributed by atoms with Crippen molar-refractivity contribution in [1.82, 2.24) is 24.8 Å². The summed E-state index contributed by atoms with van der Waals surface area (Å²) in [6.45, 7) is 13.1. The van der Waals surface area contributed by atoms with Gasteiger partial charge in [0.1, 0.15) is 0 Å². The molecule has 0 bridgehead atoms. The Morgan fingerprint density at radius 1 is 1.08 bits per heavy atom. The summed E-state index contributed by atoms with van der Waals surface area (Å²) in [7, 11) is 0. The molecule has 3 rings (SSSR count). The van der Waals surface area contributed by atoms with Crippen molar-refractivity contribution in [2.45, 2.75) is 45.6 Å². The van der Waals surface area contributed by atoms with Gasteiger partial charge in [-0.05, 0) is 13.3 Å². The van der Waals surface area contributed by atoms with Crippen LogP contribution >= 0.6 is 0 Å². The van der Waals surface area contributed by atoms with Crippen LogP contribution in [0.5, 0.6) is 0 Å². The van der Waals surface area contributed by atoms with Crippen molar-refractivity contribution in [3.8, 4) is 0 Å². The zero-order valence-electron chi connectivity index (χ0n) is 15.1. The lowest BCUT2D eigenvalue weighted by molar-refractivity contribution is -0.127. The Balaban J connectivity index is 1.44. The van der Waals surface area contributed by atoms with Gasteiger partial charge in [-0.15, -0.1) is 0 Å². The molecule has 2 aliphatic heterocycles. The first-order chi connectivity index (χ1) is 11.5.